The van der Waals surface area contributed by atoms with Crippen LogP contribution in [0.3, 0.4) is 0 Å². The summed E-state index contributed by atoms with van der Waals surface area (Å²) in [7, 11) is 0. The molecule has 16 heavy (non-hydrogen) atoms. The maximum absolute atomic E-state index is 10.5. The lowest BCUT2D eigenvalue weighted by Gasteiger charge is -2.06. The lowest BCUT2D eigenvalue weighted by Crippen LogP contribution is -2.04. The average molecular weight is 240 g/mol. The maximum Gasteiger partial charge on any atom is 0.306 e. The first-order valence-electron chi connectivity index (χ1n) is 4.74. The van der Waals surface area contributed by atoms with E-state index in [1.807, 2.05) is 0 Å². The molecule has 0 bridgehead atoms. The first-order chi connectivity index (χ1) is 7.58. The van der Waals surface area contributed by atoms with E-state index < -0.39 is 12.1 Å². The van der Waals surface area contributed by atoms with Crippen LogP contribution in [0.15, 0.2) is 24.4 Å². The van der Waals surface area contributed by atoms with Crippen molar-refractivity contribution in [2.45, 2.75) is 12.5 Å². The van der Waals surface area contributed by atoms with Crippen molar-refractivity contribution in [3.05, 3.63) is 35.0 Å². The molecule has 1 aromatic heterocycles. The molecule has 0 fully saturated rings. The number of aromatic nitrogens is 1. The molecule has 0 amide bonds. The number of hydrogen-bond acceptors (Lipinski definition) is 2. The third-order valence-corrected chi connectivity index (χ3v) is 2.64. The number of benzene rings is 1. The van der Waals surface area contributed by atoms with Crippen molar-refractivity contribution in [3.63, 3.8) is 0 Å². The number of nitrogens with one attached hydrogen (secondary N) is 1. The Hall–Kier alpha value is -1.52. The van der Waals surface area contributed by atoms with Gasteiger partial charge in [0.15, 0.2) is 0 Å². The van der Waals surface area contributed by atoms with Crippen molar-refractivity contribution in [1.82, 2.24) is 4.98 Å². The van der Waals surface area contributed by atoms with Gasteiger partial charge in [-0.05, 0) is 12.1 Å². The highest BCUT2D eigenvalue weighted by Gasteiger charge is 2.16. The van der Waals surface area contributed by atoms with Crippen LogP contribution >= 0.6 is 11.6 Å². The van der Waals surface area contributed by atoms with Gasteiger partial charge in [-0.2, -0.15) is 0 Å². The summed E-state index contributed by atoms with van der Waals surface area (Å²) in [6, 6.07) is 5.19. The van der Waals surface area contributed by atoms with E-state index in [0.717, 1.165) is 10.9 Å². The average Bonchev–Trinajstić information content (AvgIpc) is 2.59. The number of aliphatic hydroxyl groups excluding tert-OH is 1. The Morgan fingerprint density at radius 3 is 2.94 bits per heavy atom. The molecule has 1 aromatic carbocycles. The number of carboxylic acid groups (broad SMARTS) is 1. The number of fused-ring (bicyclic) bond motifs is 1. The van der Waals surface area contributed by atoms with Crippen LogP contribution in [0.25, 0.3) is 10.9 Å². The Bertz CT molecular complexity index is 535. The summed E-state index contributed by atoms with van der Waals surface area (Å²) in [4.78, 5) is 13.4. The molecule has 84 valence electrons. The second-order valence-corrected chi connectivity index (χ2v) is 3.98. The lowest BCUT2D eigenvalue weighted by molar-refractivity contribution is -0.139. The van der Waals surface area contributed by atoms with Gasteiger partial charge in [-0.25, -0.2) is 0 Å². The highest BCUT2D eigenvalue weighted by molar-refractivity contribution is 6.31. The monoisotopic (exact) mass is 239 g/mol. The molecule has 0 spiro atoms. The summed E-state index contributed by atoms with van der Waals surface area (Å²) in [5, 5.41) is 19.7. The van der Waals surface area contributed by atoms with E-state index in [1.54, 1.807) is 24.4 Å². The van der Waals surface area contributed by atoms with Crippen LogP contribution < -0.4 is 0 Å². The molecular formula is C11H10ClNO3. The molecule has 0 radical (unpaired) electrons. The summed E-state index contributed by atoms with van der Waals surface area (Å²) in [6.45, 7) is 0. The van der Waals surface area contributed by atoms with Crippen LogP contribution in [-0.4, -0.2) is 21.2 Å². The number of aliphatic hydroxyl groups is 1. The van der Waals surface area contributed by atoms with Crippen LogP contribution in [-0.2, 0) is 4.79 Å². The van der Waals surface area contributed by atoms with Crippen molar-refractivity contribution < 1.29 is 15.0 Å². The molecule has 0 unspecified atom stereocenters. The van der Waals surface area contributed by atoms with Gasteiger partial charge >= 0.3 is 5.97 Å². The number of hydrogen-bond donors (Lipinski definition) is 3. The summed E-state index contributed by atoms with van der Waals surface area (Å²) in [5.41, 5.74) is 1.36. The summed E-state index contributed by atoms with van der Waals surface area (Å²) >= 11 is 5.82. The van der Waals surface area contributed by atoms with Crippen molar-refractivity contribution in [3.8, 4) is 0 Å². The van der Waals surface area contributed by atoms with Crippen LogP contribution in [0.5, 0.6) is 0 Å². The van der Waals surface area contributed by atoms with E-state index in [2.05, 4.69) is 4.98 Å². The van der Waals surface area contributed by atoms with Gasteiger partial charge in [0.1, 0.15) is 0 Å². The largest absolute Gasteiger partial charge is 0.481 e. The normalized spacial score (nSPS) is 12.9. The summed E-state index contributed by atoms with van der Waals surface area (Å²) in [6.07, 6.45) is 0.289. The molecule has 0 aliphatic rings. The van der Waals surface area contributed by atoms with Gasteiger partial charge in [0.2, 0.25) is 0 Å². The van der Waals surface area contributed by atoms with Crippen LogP contribution in [0, 0.1) is 0 Å². The minimum absolute atomic E-state index is 0.310. The topological polar surface area (TPSA) is 73.3 Å². The Labute approximate surface area is 96.5 Å². The number of carboxylic acids is 1. The molecule has 0 saturated carbocycles. The van der Waals surface area contributed by atoms with Crippen molar-refractivity contribution in [2.75, 3.05) is 0 Å². The van der Waals surface area contributed by atoms with Gasteiger partial charge in [0.05, 0.1) is 12.5 Å². The van der Waals surface area contributed by atoms with Gasteiger partial charge < -0.3 is 15.2 Å². The molecule has 0 aliphatic heterocycles. The van der Waals surface area contributed by atoms with E-state index in [9.17, 15) is 9.90 Å². The number of rotatable bonds is 3. The molecule has 2 rings (SSSR count). The fourth-order valence-corrected chi connectivity index (χ4v) is 1.84. The molecular weight excluding hydrogens is 230 g/mol. The fourth-order valence-electron chi connectivity index (χ4n) is 1.67. The third-order valence-electron chi connectivity index (χ3n) is 2.40. The van der Waals surface area contributed by atoms with Crippen LogP contribution in [0.2, 0.25) is 5.02 Å². The maximum atomic E-state index is 10.5. The highest BCUT2D eigenvalue weighted by atomic mass is 35.5. The van der Waals surface area contributed by atoms with Crippen LogP contribution in [0.1, 0.15) is 18.1 Å². The molecule has 1 atom stereocenters. The number of halogens is 1. The molecule has 5 heteroatoms. The minimum atomic E-state index is -1.03. The first-order valence-corrected chi connectivity index (χ1v) is 5.12. The Kier molecular flexibility index (Phi) is 2.85. The predicted molar refractivity (Wildman–Crippen MR) is 60.5 cm³/mol. The smallest absolute Gasteiger partial charge is 0.306 e. The molecule has 0 aliphatic carbocycles. The molecule has 1 heterocycles. The van der Waals surface area contributed by atoms with Gasteiger partial charge in [0.25, 0.3) is 0 Å². The van der Waals surface area contributed by atoms with Crippen molar-refractivity contribution in [2.24, 2.45) is 0 Å². The molecule has 2 aromatic rings. The number of aromatic amines is 1. The summed E-state index contributed by atoms with van der Waals surface area (Å²) < 4.78 is 0. The zero-order chi connectivity index (χ0) is 11.7. The fraction of sp³-hybridized carbons (Fsp3) is 0.182. The second-order valence-electron chi connectivity index (χ2n) is 3.55. The minimum Gasteiger partial charge on any atom is -0.481 e. The zero-order valence-electron chi connectivity index (χ0n) is 8.27. The standard InChI is InChI=1S/C11H10ClNO3/c12-6-1-2-7-8(5-13-9(7)3-6)10(14)4-11(15)16/h1-3,5,10,13-14H,4H2,(H,15,16)/t10-/m0/s1. The van der Waals surface area contributed by atoms with Crippen molar-refractivity contribution >= 4 is 28.5 Å². The zero-order valence-corrected chi connectivity index (χ0v) is 9.03. The Balaban J connectivity index is 2.41. The van der Waals surface area contributed by atoms with Gasteiger partial charge in [-0.15, -0.1) is 0 Å². The van der Waals surface area contributed by atoms with E-state index >= 15 is 0 Å². The van der Waals surface area contributed by atoms with E-state index in [0.29, 0.717) is 10.6 Å². The third kappa shape index (κ3) is 2.03. The Morgan fingerprint density at radius 2 is 2.25 bits per heavy atom. The number of carbonyl (C=O) groups is 1. The quantitative estimate of drug-likeness (QED) is 0.770. The van der Waals surface area contributed by atoms with E-state index in [4.69, 9.17) is 16.7 Å². The highest BCUT2D eigenvalue weighted by Crippen LogP contribution is 2.27. The second kappa shape index (κ2) is 4.15. The van der Waals surface area contributed by atoms with E-state index in [1.165, 1.54) is 0 Å². The Morgan fingerprint density at radius 1 is 1.50 bits per heavy atom. The predicted octanol–water partition coefficient (Wildman–Crippen LogP) is 2.33. The molecule has 4 nitrogen and oxygen atoms in total. The SMILES string of the molecule is O=C(O)C[C@H](O)c1c[nH]c2cc(Cl)ccc12. The van der Waals surface area contributed by atoms with Gasteiger partial charge in [-0.3, -0.25) is 4.79 Å². The lowest BCUT2D eigenvalue weighted by atomic mass is 10.1. The van der Waals surface area contributed by atoms with Crippen molar-refractivity contribution in [1.29, 1.82) is 0 Å². The first kappa shape index (κ1) is 11.0. The van der Waals surface area contributed by atoms with Crippen LogP contribution in [0.4, 0.5) is 0 Å². The molecule has 0 saturated heterocycles. The number of H-pyrrole nitrogens is 1. The van der Waals surface area contributed by atoms with E-state index in [-0.39, 0.29) is 6.42 Å². The van der Waals surface area contributed by atoms with Gasteiger partial charge in [0, 0.05) is 27.7 Å². The van der Waals surface area contributed by atoms with Gasteiger partial charge in [-0.1, -0.05) is 17.7 Å². The summed E-state index contributed by atoms with van der Waals surface area (Å²) in [5.74, 6) is -1.03. The molecule has 3 N–H and O–H groups in total. The number of aliphatic carboxylic acids is 1.